The Morgan fingerprint density at radius 3 is 2.57 bits per heavy atom. The maximum atomic E-state index is 13.3. The van der Waals surface area contributed by atoms with Gasteiger partial charge in [-0.1, -0.05) is 11.6 Å². The number of esters is 1. The first kappa shape index (κ1) is 26.2. The Hall–Kier alpha value is -3.87. The van der Waals surface area contributed by atoms with Crippen molar-refractivity contribution in [2.75, 3.05) is 38.9 Å². The van der Waals surface area contributed by atoms with Crippen molar-refractivity contribution in [2.24, 2.45) is 0 Å². The maximum Gasteiger partial charge on any atom is 0.338 e. The van der Waals surface area contributed by atoms with Crippen LogP contribution in [0, 0.1) is 0 Å². The van der Waals surface area contributed by atoms with Crippen molar-refractivity contribution >= 4 is 33.3 Å². The smallest absolute Gasteiger partial charge is 0.338 e. The van der Waals surface area contributed by atoms with Gasteiger partial charge >= 0.3 is 5.97 Å². The molecule has 0 amide bonds. The molecule has 1 aliphatic rings. The van der Waals surface area contributed by atoms with Gasteiger partial charge in [0.2, 0.25) is 6.79 Å². The Bertz CT molecular complexity index is 1430. The second-order valence-electron chi connectivity index (χ2n) is 7.43. The highest BCUT2D eigenvalue weighted by molar-refractivity contribution is 7.92. The molecule has 37 heavy (non-hydrogen) atoms. The van der Waals surface area contributed by atoms with E-state index in [0.717, 1.165) is 0 Å². The molecule has 1 aliphatic heterocycles. The van der Waals surface area contributed by atoms with E-state index < -0.39 is 16.0 Å². The molecule has 1 heterocycles. The summed E-state index contributed by atoms with van der Waals surface area (Å²) in [6.45, 7) is -0.570. The number of carbonyl (C=O) groups is 1. The molecule has 0 fully saturated rings. The number of aliphatic hydroxyl groups excluding tert-OH is 1. The Labute approximate surface area is 217 Å². The van der Waals surface area contributed by atoms with E-state index in [4.69, 9.17) is 40.0 Å². The average Bonchev–Trinajstić information content (AvgIpc) is 3.37. The van der Waals surface area contributed by atoms with E-state index in [1.54, 1.807) is 6.07 Å². The van der Waals surface area contributed by atoms with E-state index >= 15 is 0 Å². The predicted octanol–water partition coefficient (Wildman–Crippen LogP) is 3.83. The van der Waals surface area contributed by atoms with E-state index in [1.807, 2.05) is 0 Å². The van der Waals surface area contributed by atoms with Gasteiger partial charge in [-0.05, 0) is 36.4 Å². The van der Waals surface area contributed by atoms with Crippen molar-refractivity contribution in [2.45, 2.75) is 4.90 Å². The summed E-state index contributed by atoms with van der Waals surface area (Å²) in [5, 5.41) is 9.49. The summed E-state index contributed by atoms with van der Waals surface area (Å²) in [5.41, 5.74) is -0.199. The van der Waals surface area contributed by atoms with E-state index in [9.17, 15) is 18.3 Å². The first-order valence-corrected chi connectivity index (χ1v) is 12.6. The second kappa shape index (κ2) is 11.0. The summed E-state index contributed by atoms with van der Waals surface area (Å²) in [6.07, 6.45) is 0. The molecule has 0 saturated heterocycles. The van der Waals surface area contributed by atoms with E-state index in [-0.39, 0.29) is 64.2 Å². The highest BCUT2D eigenvalue weighted by atomic mass is 35.5. The largest absolute Gasteiger partial charge is 0.497 e. The first-order chi connectivity index (χ1) is 17.7. The molecular weight excluding hydrogens is 530 g/mol. The topological polar surface area (TPSA) is 139 Å². The number of anilines is 1. The molecule has 13 heteroatoms. The van der Waals surface area contributed by atoms with Crippen molar-refractivity contribution < 1.29 is 46.7 Å². The molecule has 0 bridgehead atoms. The fraction of sp³-hybridized carbons (Fsp3) is 0.208. The van der Waals surface area contributed by atoms with Crippen molar-refractivity contribution in [3.05, 3.63) is 59.1 Å². The molecule has 0 unspecified atom stereocenters. The minimum Gasteiger partial charge on any atom is -0.497 e. The quantitative estimate of drug-likeness (QED) is 0.357. The highest BCUT2D eigenvalue weighted by Crippen LogP contribution is 2.44. The third kappa shape index (κ3) is 5.77. The van der Waals surface area contributed by atoms with E-state index in [1.165, 1.54) is 56.7 Å². The lowest BCUT2D eigenvalue weighted by Crippen LogP contribution is -2.15. The fourth-order valence-corrected chi connectivity index (χ4v) is 4.55. The zero-order valence-corrected chi connectivity index (χ0v) is 21.2. The van der Waals surface area contributed by atoms with Gasteiger partial charge < -0.3 is 33.5 Å². The van der Waals surface area contributed by atoms with Crippen LogP contribution in [0.5, 0.6) is 34.5 Å². The van der Waals surface area contributed by atoms with Crippen LogP contribution in [-0.2, 0) is 14.8 Å². The van der Waals surface area contributed by atoms with Crippen molar-refractivity contribution in [3.63, 3.8) is 0 Å². The Morgan fingerprint density at radius 2 is 1.84 bits per heavy atom. The number of sulfonamides is 1. The van der Waals surface area contributed by atoms with Gasteiger partial charge in [-0.15, -0.1) is 0 Å². The van der Waals surface area contributed by atoms with Crippen LogP contribution in [0.4, 0.5) is 5.69 Å². The second-order valence-corrected chi connectivity index (χ2v) is 9.52. The highest BCUT2D eigenvalue weighted by Gasteiger charge is 2.26. The van der Waals surface area contributed by atoms with Crippen molar-refractivity contribution in [3.8, 4) is 34.5 Å². The molecule has 196 valence electrons. The van der Waals surface area contributed by atoms with E-state index in [2.05, 4.69) is 4.72 Å². The fourth-order valence-electron chi connectivity index (χ4n) is 3.33. The molecule has 4 rings (SSSR count). The zero-order valence-electron chi connectivity index (χ0n) is 19.6. The molecule has 11 nitrogen and oxygen atoms in total. The van der Waals surface area contributed by atoms with Gasteiger partial charge in [0.1, 0.15) is 18.1 Å². The number of methoxy groups -OCH3 is 2. The minimum absolute atomic E-state index is 0.0295. The van der Waals surface area contributed by atoms with Crippen LogP contribution in [0.15, 0.2) is 53.4 Å². The third-order valence-electron chi connectivity index (χ3n) is 5.07. The molecule has 2 N–H and O–H groups in total. The van der Waals surface area contributed by atoms with Gasteiger partial charge in [0.05, 0.1) is 42.0 Å². The summed E-state index contributed by atoms with van der Waals surface area (Å²) >= 11 is 6.30. The molecule has 0 aliphatic carbocycles. The van der Waals surface area contributed by atoms with Crippen LogP contribution < -0.4 is 28.4 Å². The third-order valence-corrected chi connectivity index (χ3v) is 6.75. The van der Waals surface area contributed by atoms with Crippen LogP contribution in [0.3, 0.4) is 0 Å². The lowest BCUT2D eigenvalue weighted by Gasteiger charge is -2.19. The molecule has 3 aromatic rings. The zero-order chi connectivity index (χ0) is 26.6. The van der Waals surface area contributed by atoms with Gasteiger partial charge in [-0.25, -0.2) is 13.2 Å². The number of hydrogen-bond acceptors (Lipinski definition) is 10. The Balaban J connectivity index is 1.83. The van der Waals surface area contributed by atoms with Crippen LogP contribution >= 0.6 is 11.6 Å². The van der Waals surface area contributed by atoms with Crippen molar-refractivity contribution in [1.29, 1.82) is 0 Å². The van der Waals surface area contributed by atoms with Crippen LogP contribution in [0.1, 0.15) is 10.4 Å². The predicted molar refractivity (Wildman–Crippen MR) is 132 cm³/mol. The summed E-state index contributed by atoms with van der Waals surface area (Å²) in [4.78, 5) is 12.2. The lowest BCUT2D eigenvalue weighted by molar-refractivity contribution is 0.0600. The summed E-state index contributed by atoms with van der Waals surface area (Å²) < 4.78 is 61.2. The number of benzene rings is 3. The number of hydrogen-bond donors (Lipinski definition) is 2. The number of halogens is 1. The molecule has 0 atom stereocenters. The van der Waals surface area contributed by atoms with Crippen LogP contribution in [0.2, 0.25) is 5.02 Å². The average molecular weight is 552 g/mol. The summed E-state index contributed by atoms with van der Waals surface area (Å²) in [6, 6.07) is 11.3. The number of carbonyl (C=O) groups excluding carboxylic acids is 1. The first-order valence-electron chi connectivity index (χ1n) is 10.7. The van der Waals surface area contributed by atoms with Crippen LogP contribution in [-0.4, -0.2) is 53.7 Å². The van der Waals surface area contributed by atoms with Gasteiger partial charge in [-0.2, -0.15) is 0 Å². The monoisotopic (exact) mass is 551 g/mol. The minimum atomic E-state index is -4.24. The SMILES string of the molecule is COC(=O)c1cc(NS(=O)(=O)c2ccc3c(c2)OCO3)c(Oc2cc(OC)ccc2Cl)c(OCCO)c1. The van der Waals surface area contributed by atoms with Crippen molar-refractivity contribution in [1.82, 2.24) is 0 Å². The number of ether oxygens (including phenoxy) is 6. The maximum absolute atomic E-state index is 13.3. The molecule has 3 aromatic carbocycles. The number of fused-ring (bicyclic) bond motifs is 1. The summed E-state index contributed by atoms with van der Waals surface area (Å²) in [5.74, 6) is 0.263. The van der Waals surface area contributed by atoms with E-state index in [0.29, 0.717) is 11.5 Å². The van der Waals surface area contributed by atoms with Gasteiger partial charge in [0.15, 0.2) is 23.0 Å². The Kier molecular flexibility index (Phi) is 7.81. The molecule has 0 aromatic heterocycles. The molecule has 0 radical (unpaired) electrons. The number of rotatable bonds is 10. The molecule has 0 spiro atoms. The Morgan fingerprint density at radius 1 is 1.05 bits per heavy atom. The standard InChI is InChI=1S/C24H22ClNO10S/c1-31-15-3-5-17(25)20(11-15)36-23-18(9-14(24(28)32-2)10-22(23)33-8-7-27)26-37(29,30)16-4-6-19-21(12-16)35-13-34-19/h3-6,9-12,26-27H,7-8,13H2,1-2H3. The normalized spacial score (nSPS) is 12.1. The number of nitrogens with one attached hydrogen (secondary N) is 1. The lowest BCUT2D eigenvalue weighted by atomic mass is 10.1. The molecular formula is C24H22ClNO10S. The van der Waals surface area contributed by atoms with Gasteiger partial charge in [0.25, 0.3) is 10.0 Å². The number of aliphatic hydroxyl groups is 1. The van der Waals surface area contributed by atoms with Gasteiger partial charge in [0, 0.05) is 12.1 Å². The molecule has 0 saturated carbocycles. The van der Waals surface area contributed by atoms with Crippen LogP contribution in [0.25, 0.3) is 0 Å². The van der Waals surface area contributed by atoms with Gasteiger partial charge in [-0.3, -0.25) is 4.72 Å². The summed E-state index contributed by atoms with van der Waals surface area (Å²) in [7, 11) is -1.61.